The summed E-state index contributed by atoms with van der Waals surface area (Å²) in [6.07, 6.45) is -0.775. The molecule has 1 saturated heterocycles. The van der Waals surface area contributed by atoms with Crippen LogP contribution >= 0.6 is 0 Å². The van der Waals surface area contributed by atoms with Gasteiger partial charge in [0, 0.05) is 13.0 Å². The van der Waals surface area contributed by atoms with Gasteiger partial charge in [-0.2, -0.15) is 0 Å². The molecule has 43 heavy (non-hydrogen) atoms. The standard InChI is InChI=1S/C25H37N9O9/c26-19(38)9-16-22(41)30-14(2-1-7-29-25(27)28)20(39)33-17(10-35)23(42)31-15(8-12-3-5-13(37)6-4-12)21(40)34-18(11-36)24(43)32-16/h3-6,14-18,35-37H,1-2,7-11H2,(H2,26,38)(H,30,41)(H,31,42)(H,32,43)(H,33,39)(H,34,40)(H4,27,28,29)/t14-,15-,16-,17-,18-/m0/s1. The van der Waals surface area contributed by atoms with Crippen LogP contribution < -0.4 is 43.8 Å². The number of nitrogens with zero attached hydrogens (tertiary/aromatic N) is 1. The van der Waals surface area contributed by atoms with Crippen molar-refractivity contribution in [3.8, 4) is 5.75 Å². The quantitative estimate of drug-likeness (QED) is 0.0676. The highest BCUT2D eigenvalue weighted by atomic mass is 16.3. The van der Waals surface area contributed by atoms with Crippen molar-refractivity contribution in [2.75, 3.05) is 19.8 Å². The number of hydrogen-bond acceptors (Lipinski definition) is 10. The second-order valence-electron chi connectivity index (χ2n) is 9.66. The summed E-state index contributed by atoms with van der Waals surface area (Å²) in [6, 6.07) is -1.95. The van der Waals surface area contributed by atoms with Crippen molar-refractivity contribution in [2.45, 2.75) is 55.9 Å². The van der Waals surface area contributed by atoms with Gasteiger partial charge in [0.2, 0.25) is 35.4 Å². The van der Waals surface area contributed by atoms with Gasteiger partial charge in [-0.25, -0.2) is 0 Å². The fourth-order valence-electron chi connectivity index (χ4n) is 4.01. The van der Waals surface area contributed by atoms with E-state index < -0.39 is 85.3 Å². The maximum absolute atomic E-state index is 13.2. The van der Waals surface area contributed by atoms with E-state index in [0.29, 0.717) is 5.56 Å². The predicted molar refractivity (Wildman–Crippen MR) is 149 cm³/mol. The number of benzene rings is 1. The third kappa shape index (κ3) is 11.1. The zero-order chi connectivity index (χ0) is 32.1. The van der Waals surface area contributed by atoms with Crippen molar-refractivity contribution >= 4 is 41.4 Å². The fraction of sp³-hybridized carbons (Fsp3) is 0.480. The number of aliphatic hydroxyl groups excluding tert-OH is 2. The number of primary amides is 1. The number of guanidine groups is 1. The molecule has 18 heteroatoms. The highest BCUT2D eigenvalue weighted by Gasteiger charge is 2.34. The van der Waals surface area contributed by atoms with Crippen LogP contribution in [0.2, 0.25) is 0 Å². The third-order valence-corrected chi connectivity index (χ3v) is 6.26. The van der Waals surface area contributed by atoms with E-state index in [9.17, 15) is 44.1 Å². The first-order chi connectivity index (χ1) is 20.3. The number of aliphatic hydroxyl groups is 2. The number of nitrogens with one attached hydrogen (secondary N) is 5. The molecule has 1 aliphatic heterocycles. The lowest BCUT2D eigenvalue weighted by Gasteiger charge is -2.25. The number of amides is 6. The summed E-state index contributed by atoms with van der Waals surface area (Å²) >= 11 is 0. The Labute approximate surface area is 245 Å². The number of nitrogens with two attached hydrogens (primary N) is 3. The molecule has 0 radical (unpaired) electrons. The first kappa shape index (κ1) is 34.2. The van der Waals surface area contributed by atoms with Gasteiger partial charge < -0.3 is 59.1 Å². The maximum atomic E-state index is 13.2. The smallest absolute Gasteiger partial charge is 0.245 e. The van der Waals surface area contributed by atoms with E-state index in [-0.39, 0.29) is 37.5 Å². The number of aliphatic imine (C=N–C) groups is 1. The number of carbonyl (C=O) groups is 6. The lowest BCUT2D eigenvalue weighted by Crippen LogP contribution is -2.59. The van der Waals surface area contributed by atoms with Gasteiger partial charge in [-0.05, 0) is 30.5 Å². The van der Waals surface area contributed by atoms with Gasteiger partial charge in [0.1, 0.15) is 36.0 Å². The Bertz CT molecular complexity index is 1210. The van der Waals surface area contributed by atoms with Gasteiger partial charge in [-0.15, -0.1) is 0 Å². The van der Waals surface area contributed by atoms with Crippen LogP contribution in [0.25, 0.3) is 0 Å². The van der Waals surface area contributed by atoms with Gasteiger partial charge in [0.05, 0.1) is 19.6 Å². The van der Waals surface area contributed by atoms with Crippen LogP contribution in [-0.4, -0.2) is 107 Å². The minimum atomic E-state index is -1.64. The van der Waals surface area contributed by atoms with Crippen LogP contribution in [0.4, 0.5) is 0 Å². The van der Waals surface area contributed by atoms with Gasteiger partial charge in [0.15, 0.2) is 5.96 Å². The molecule has 236 valence electrons. The highest BCUT2D eigenvalue weighted by molar-refractivity contribution is 5.99. The molecular formula is C25H37N9O9. The van der Waals surface area contributed by atoms with Crippen molar-refractivity contribution in [3.05, 3.63) is 29.8 Å². The normalized spacial score (nSPS) is 23.8. The number of phenolic OH excluding ortho intramolecular Hbond substituents is 1. The molecule has 0 saturated carbocycles. The predicted octanol–water partition coefficient (Wildman–Crippen LogP) is -5.71. The second-order valence-corrected chi connectivity index (χ2v) is 9.66. The Balaban J connectivity index is 2.48. The minimum absolute atomic E-state index is 0.0547. The average Bonchev–Trinajstić information content (AvgIpc) is 2.95. The van der Waals surface area contributed by atoms with Crippen LogP contribution in [0.15, 0.2) is 29.3 Å². The molecule has 1 aromatic rings. The number of phenols is 1. The summed E-state index contributed by atoms with van der Waals surface area (Å²) in [7, 11) is 0. The number of aromatic hydroxyl groups is 1. The van der Waals surface area contributed by atoms with E-state index >= 15 is 0 Å². The molecule has 5 atom stereocenters. The topological polar surface area (TPSA) is 314 Å². The van der Waals surface area contributed by atoms with E-state index in [1.807, 2.05) is 0 Å². The largest absolute Gasteiger partial charge is 0.508 e. The zero-order valence-corrected chi connectivity index (χ0v) is 23.1. The Morgan fingerprint density at radius 3 is 1.65 bits per heavy atom. The van der Waals surface area contributed by atoms with Crippen LogP contribution in [0.3, 0.4) is 0 Å². The first-order valence-electron chi connectivity index (χ1n) is 13.2. The summed E-state index contributed by atoms with van der Waals surface area (Å²) in [5.41, 5.74) is 16.3. The molecule has 14 N–H and O–H groups in total. The molecule has 0 aromatic heterocycles. The van der Waals surface area contributed by atoms with Gasteiger partial charge in [-0.3, -0.25) is 33.8 Å². The molecule has 0 unspecified atom stereocenters. The van der Waals surface area contributed by atoms with Crippen molar-refractivity contribution < 1.29 is 44.1 Å². The molecule has 1 aliphatic rings. The molecule has 1 aromatic carbocycles. The fourth-order valence-corrected chi connectivity index (χ4v) is 4.01. The molecule has 18 nitrogen and oxygen atoms in total. The summed E-state index contributed by atoms with van der Waals surface area (Å²) in [6.45, 7) is -1.77. The second kappa shape index (κ2) is 16.5. The number of rotatable bonds is 10. The minimum Gasteiger partial charge on any atom is -0.508 e. The van der Waals surface area contributed by atoms with E-state index in [1.165, 1.54) is 24.3 Å². The Morgan fingerprint density at radius 1 is 0.698 bits per heavy atom. The highest BCUT2D eigenvalue weighted by Crippen LogP contribution is 2.12. The molecule has 6 amide bonds. The molecule has 0 spiro atoms. The molecule has 1 heterocycles. The van der Waals surface area contributed by atoms with Gasteiger partial charge in [0.25, 0.3) is 0 Å². The summed E-state index contributed by atoms with van der Waals surface area (Å²) in [4.78, 5) is 81.1. The van der Waals surface area contributed by atoms with E-state index in [1.54, 1.807) is 0 Å². The van der Waals surface area contributed by atoms with Gasteiger partial charge in [-0.1, -0.05) is 12.1 Å². The number of carbonyl (C=O) groups excluding carboxylic acids is 6. The summed E-state index contributed by atoms with van der Waals surface area (Å²) in [5.74, 6) is -6.17. The third-order valence-electron chi connectivity index (χ3n) is 6.26. The lowest BCUT2D eigenvalue weighted by molar-refractivity contribution is -0.135. The van der Waals surface area contributed by atoms with Crippen molar-refractivity contribution in [2.24, 2.45) is 22.2 Å². The Hall–Kier alpha value is -4.97. The Morgan fingerprint density at radius 2 is 1.14 bits per heavy atom. The van der Waals surface area contributed by atoms with Crippen LogP contribution in [0.5, 0.6) is 5.75 Å². The van der Waals surface area contributed by atoms with Crippen LogP contribution in [0.1, 0.15) is 24.8 Å². The average molecular weight is 608 g/mol. The van der Waals surface area contributed by atoms with E-state index in [0.717, 1.165) is 0 Å². The van der Waals surface area contributed by atoms with Crippen LogP contribution in [0, 0.1) is 0 Å². The first-order valence-corrected chi connectivity index (χ1v) is 13.2. The summed E-state index contributed by atoms with van der Waals surface area (Å²) < 4.78 is 0. The van der Waals surface area contributed by atoms with E-state index in [2.05, 4.69) is 31.6 Å². The summed E-state index contributed by atoms with van der Waals surface area (Å²) in [5, 5.41) is 40.9. The van der Waals surface area contributed by atoms with Gasteiger partial charge >= 0.3 is 0 Å². The zero-order valence-electron chi connectivity index (χ0n) is 23.1. The molecule has 2 rings (SSSR count). The molecule has 1 fully saturated rings. The van der Waals surface area contributed by atoms with Crippen molar-refractivity contribution in [1.29, 1.82) is 0 Å². The van der Waals surface area contributed by atoms with Crippen molar-refractivity contribution in [1.82, 2.24) is 26.6 Å². The SMILES string of the molecule is NC(=O)C[C@@H]1NC(=O)[C@H](CO)NC(=O)[C@H](Cc2ccc(O)cc2)NC(=O)[C@H](CO)NC(=O)[C@H](CCCN=C(N)N)NC1=O. The van der Waals surface area contributed by atoms with Crippen LogP contribution in [-0.2, 0) is 35.2 Å². The molecule has 0 aliphatic carbocycles. The lowest BCUT2D eigenvalue weighted by atomic mass is 10.0. The molecule has 0 bridgehead atoms. The maximum Gasteiger partial charge on any atom is 0.245 e. The Kier molecular flexibility index (Phi) is 13.1. The molecular weight excluding hydrogens is 570 g/mol. The van der Waals surface area contributed by atoms with Crippen molar-refractivity contribution in [3.63, 3.8) is 0 Å². The monoisotopic (exact) mass is 607 g/mol. The van der Waals surface area contributed by atoms with E-state index in [4.69, 9.17) is 17.2 Å². The number of hydrogen-bond donors (Lipinski definition) is 11.